The van der Waals surface area contributed by atoms with Crippen LogP contribution in [0, 0.1) is 0 Å². The lowest BCUT2D eigenvalue weighted by molar-refractivity contribution is -0.232. The van der Waals surface area contributed by atoms with Crippen LogP contribution in [0.4, 0.5) is 39.5 Å². The molecule has 0 aromatic rings. The predicted octanol–water partition coefficient (Wildman–Crippen LogP) is 4.46. The molecule has 0 N–H and O–H groups in total. The molecule has 94 valence electrons. The van der Waals surface area contributed by atoms with E-state index in [-0.39, 0.29) is 0 Å². The van der Waals surface area contributed by atoms with E-state index in [0.29, 0.717) is 0 Å². The first kappa shape index (κ1) is 16.8. The first-order valence-corrected chi connectivity index (χ1v) is 3.47. The summed E-state index contributed by atoms with van der Waals surface area (Å²) >= 11 is 0. The van der Waals surface area contributed by atoms with Crippen LogP contribution in [0.25, 0.3) is 0 Å². The van der Waals surface area contributed by atoms with Crippen LogP contribution < -0.4 is 0 Å². The largest absolute Gasteiger partial charge is 0.397 e. The Balaban J connectivity index is 0. The second kappa shape index (κ2) is 5.45. The fourth-order valence-electron chi connectivity index (χ4n) is 0.227. The van der Waals surface area contributed by atoms with Crippen molar-refractivity contribution in [3.63, 3.8) is 0 Å². The Labute approximate surface area is 79.1 Å². The van der Waals surface area contributed by atoms with E-state index in [2.05, 4.69) is 0 Å². The van der Waals surface area contributed by atoms with Crippen molar-refractivity contribution < 1.29 is 39.5 Å². The quantitative estimate of drug-likeness (QED) is 0.557. The first-order valence-electron chi connectivity index (χ1n) is 3.47. The molecule has 0 saturated carbocycles. The molecule has 0 heterocycles. The minimum absolute atomic E-state index is 0.729. The summed E-state index contributed by atoms with van der Waals surface area (Å²) in [6.45, 7) is 1.08. The van der Waals surface area contributed by atoms with Gasteiger partial charge in [-0.1, -0.05) is 6.92 Å². The molecule has 0 aromatic heterocycles. The van der Waals surface area contributed by atoms with Crippen molar-refractivity contribution in [1.29, 1.82) is 0 Å². The molecule has 0 unspecified atom stereocenters. The van der Waals surface area contributed by atoms with Gasteiger partial charge in [0.05, 0.1) is 0 Å². The summed E-state index contributed by atoms with van der Waals surface area (Å²) in [5, 5.41) is 0. The molecule has 0 aliphatic rings. The molecular weight excluding hydrogens is 243 g/mol. The van der Waals surface area contributed by atoms with Crippen molar-refractivity contribution in [2.45, 2.75) is 38.3 Å². The van der Waals surface area contributed by atoms with Gasteiger partial charge in [0, 0.05) is 6.42 Å². The van der Waals surface area contributed by atoms with Crippen LogP contribution in [0.3, 0.4) is 0 Å². The van der Waals surface area contributed by atoms with Gasteiger partial charge < -0.3 is 0 Å². The van der Waals surface area contributed by atoms with E-state index >= 15 is 0 Å². The lowest BCUT2D eigenvalue weighted by Crippen LogP contribution is -2.20. The molecular formula is C6H7F9. The van der Waals surface area contributed by atoms with Gasteiger partial charge in [0.15, 0.2) is 0 Å². The molecule has 0 atom stereocenters. The van der Waals surface area contributed by atoms with E-state index < -0.39 is 31.4 Å². The zero-order valence-electron chi connectivity index (χ0n) is 7.32. The average molecular weight is 250 g/mol. The highest BCUT2D eigenvalue weighted by Gasteiger charge is 2.43. The third-order valence-electron chi connectivity index (χ3n) is 0.802. The standard InChI is InChI=1S/C3H2F6.C3H5F3/c4-2(5,6)1-3(7,8)9;1-2-3(4,5)6/h1H2;2H2,1H3. The van der Waals surface area contributed by atoms with Crippen molar-refractivity contribution in [2.75, 3.05) is 0 Å². The van der Waals surface area contributed by atoms with Crippen LogP contribution in [-0.2, 0) is 0 Å². The zero-order chi connectivity index (χ0) is 12.9. The van der Waals surface area contributed by atoms with Crippen molar-refractivity contribution in [3.8, 4) is 0 Å². The summed E-state index contributed by atoms with van der Waals surface area (Å²) in [6.07, 6.45) is -17.7. The Hall–Kier alpha value is -0.630. The smallest absolute Gasteiger partial charge is 0.171 e. The van der Waals surface area contributed by atoms with Crippen molar-refractivity contribution in [2.24, 2.45) is 0 Å². The van der Waals surface area contributed by atoms with E-state index in [0.717, 1.165) is 6.92 Å². The van der Waals surface area contributed by atoms with Crippen molar-refractivity contribution >= 4 is 0 Å². The van der Waals surface area contributed by atoms with Crippen LogP contribution in [0.5, 0.6) is 0 Å². The molecule has 0 aromatic carbocycles. The lowest BCUT2D eigenvalue weighted by Gasteiger charge is -2.08. The molecule has 0 saturated heterocycles. The summed E-state index contributed by atoms with van der Waals surface area (Å²) in [4.78, 5) is 0. The zero-order valence-corrected chi connectivity index (χ0v) is 7.32. The summed E-state index contributed by atoms with van der Waals surface area (Å²) in [7, 11) is 0. The minimum Gasteiger partial charge on any atom is -0.171 e. The molecule has 0 bridgehead atoms. The number of hydrogen-bond donors (Lipinski definition) is 0. The number of halogens is 9. The van der Waals surface area contributed by atoms with Crippen LogP contribution in [0.1, 0.15) is 19.8 Å². The number of rotatable bonds is 0. The van der Waals surface area contributed by atoms with Crippen molar-refractivity contribution in [3.05, 3.63) is 0 Å². The number of alkyl halides is 9. The molecule has 9 heteroatoms. The SMILES string of the molecule is CCC(F)(F)F.FC(F)(F)CC(F)(F)F. The molecule has 0 fully saturated rings. The highest BCUT2D eigenvalue weighted by Crippen LogP contribution is 2.31. The van der Waals surface area contributed by atoms with E-state index in [1.807, 2.05) is 0 Å². The molecule has 0 aliphatic heterocycles. The number of hydrogen-bond acceptors (Lipinski definition) is 0. The molecule has 0 aliphatic carbocycles. The van der Waals surface area contributed by atoms with Gasteiger partial charge in [-0.2, -0.15) is 39.5 Å². The highest BCUT2D eigenvalue weighted by atomic mass is 19.4. The Bertz CT molecular complexity index is 147. The molecule has 0 spiro atoms. The van der Waals surface area contributed by atoms with Gasteiger partial charge in [-0.25, -0.2) is 0 Å². The van der Waals surface area contributed by atoms with Crippen LogP contribution in [0.2, 0.25) is 0 Å². The summed E-state index contributed by atoms with van der Waals surface area (Å²) in [6, 6.07) is 0. The monoisotopic (exact) mass is 250 g/mol. The van der Waals surface area contributed by atoms with Gasteiger partial charge in [-0.05, 0) is 0 Å². The van der Waals surface area contributed by atoms with Gasteiger partial charge in [-0.3, -0.25) is 0 Å². The predicted molar refractivity (Wildman–Crippen MR) is 33.1 cm³/mol. The second-order valence-electron chi connectivity index (χ2n) is 2.38. The van der Waals surface area contributed by atoms with Crippen LogP contribution in [0.15, 0.2) is 0 Å². The van der Waals surface area contributed by atoms with E-state index in [9.17, 15) is 39.5 Å². The Morgan fingerprint density at radius 1 is 0.600 bits per heavy atom. The van der Waals surface area contributed by atoms with Gasteiger partial charge >= 0.3 is 18.5 Å². The summed E-state index contributed by atoms with van der Waals surface area (Å²) in [5.74, 6) is 0. The maximum atomic E-state index is 10.8. The van der Waals surface area contributed by atoms with Gasteiger partial charge in [0.25, 0.3) is 0 Å². The highest BCUT2D eigenvalue weighted by molar-refractivity contribution is 4.57. The molecule has 0 rings (SSSR count). The average Bonchev–Trinajstić information content (AvgIpc) is 1.78. The lowest BCUT2D eigenvalue weighted by atomic mass is 10.4. The minimum atomic E-state index is -5.14. The van der Waals surface area contributed by atoms with E-state index in [1.165, 1.54) is 0 Å². The Kier molecular flexibility index (Phi) is 6.10. The normalized spacial score (nSPS) is 13.2. The summed E-state index contributed by atoms with van der Waals surface area (Å²) in [5.41, 5.74) is 0. The van der Waals surface area contributed by atoms with Crippen LogP contribution >= 0.6 is 0 Å². The van der Waals surface area contributed by atoms with Gasteiger partial charge in [-0.15, -0.1) is 0 Å². The Morgan fingerprint density at radius 3 is 0.800 bits per heavy atom. The Morgan fingerprint density at radius 2 is 0.800 bits per heavy atom. The molecule has 15 heavy (non-hydrogen) atoms. The topological polar surface area (TPSA) is 0 Å². The maximum Gasteiger partial charge on any atom is 0.397 e. The molecule has 0 nitrogen and oxygen atoms in total. The van der Waals surface area contributed by atoms with Crippen LogP contribution in [-0.4, -0.2) is 18.5 Å². The third-order valence-corrected chi connectivity index (χ3v) is 0.802. The van der Waals surface area contributed by atoms with E-state index in [4.69, 9.17) is 0 Å². The maximum absolute atomic E-state index is 10.8. The van der Waals surface area contributed by atoms with Gasteiger partial charge in [0.1, 0.15) is 6.42 Å². The third kappa shape index (κ3) is 24.7. The fraction of sp³-hybridized carbons (Fsp3) is 1.00. The second-order valence-corrected chi connectivity index (χ2v) is 2.38. The summed E-state index contributed by atoms with van der Waals surface area (Å²) < 4.78 is 97.3. The first-order chi connectivity index (χ1) is 6.27. The molecule has 0 amide bonds. The van der Waals surface area contributed by atoms with Gasteiger partial charge in [0.2, 0.25) is 0 Å². The van der Waals surface area contributed by atoms with Crippen molar-refractivity contribution in [1.82, 2.24) is 0 Å². The fourth-order valence-corrected chi connectivity index (χ4v) is 0.227. The molecule has 0 radical (unpaired) electrons. The van der Waals surface area contributed by atoms with E-state index in [1.54, 1.807) is 0 Å².